The molecule has 2 heterocycles. The Bertz CT molecular complexity index is 306. The summed E-state index contributed by atoms with van der Waals surface area (Å²) in [4.78, 5) is 10.9. The van der Waals surface area contributed by atoms with Crippen LogP contribution in [0.4, 0.5) is 0 Å². The molecular formula is C10H16O8. The van der Waals surface area contributed by atoms with Gasteiger partial charge in [-0.05, 0) is 0 Å². The Balaban J connectivity index is 1.96. The fourth-order valence-electron chi connectivity index (χ4n) is 1.95. The van der Waals surface area contributed by atoms with Crippen LogP contribution in [0.2, 0.25) is 0 Å². The number of carbonyl (C=O) groups is 1. The lowest BCUT2D eigenvalue weighted by Crippen LogP contribution is -2.59. The van der Waals surface area contributed by atoms with Crippen molar-refractivity contribution < 1.29 is 39.4 Å². The highest BCUT2D eigenvalue weighted by atomic mass is 16.7. The third kappa shape index (κ3) is 2.63. The number of esters is 1. The van der Waals surface area contributed by atoms with Gasteiger partial charge in [0.1, 0.15) is 37.1 Å². The van der Waals surface area contributed by atoms with Crippen molar-refractivity contribution in [2.45, 2.75) is 43.2 Å². The maximum Gasteiger partial charge on any atom is 0.308 e. The van der Waals surface area contributed by atoms with Gasteiger partial charge in [-0.2, -0.15) is 0 Å². The van der Waals surface area contributed by atoms with Crippen LogP contribution < -0.4 is 0 Å². The fourth-order valence-corrected chi connectivity index (χ4v) is 1.95. The molecule has 0 unspecified atom stereocenters. The van der Waals surface area contributed by atoms with Gasteiger partial charge in [0.2, 0.25) is 0 Å². The highest BCUT2D eigenvalue weighted by molar-refractivity contribution is 5.71. The summed E-state index contributed by atoms with van der Waals surface area (Å²) in [6, 6.07) is 0. The van der Waals surface area contributed by atoms with Crippen LogP contribution in [0.1, 0.15) is 6.42 Å². The lowest BCUT2D eigenvalue weighted by atomic mass is 9.99. The van der Waals surface area contributed by atoms with Gasteiger partial charge in [0, 0.05) is 0 Å². The Morgan fingerprint density at radius 2 is 1.94 bits per heavy atom. The molecule has 2 aliphatic rings. The van der Waals surface area contributed by atoms with Crippen LogP contribution in [0.25, 0.3) is 0 Å². The van der Waals surface area contributed by atoms with Gasteiger partial charge in [0.05, 0.1) is 13.0 Å². The maximum absolute atomic E-state index is 10.9. The van der Waals surface area contributed by atoms with Crippen LogP contribution >= 0.6 is 0 Å². The summed E-state index contributed by atoms with van der Waals surface area (Å²) >= 11 is 0. The zero-order chi connectivity index (χ0) is 13.3. The van der Waals surface area contributed by atoms with Gasteiger partial charge in [-0.15, -0.1) is 0 Å². The van der Waals surface area contributed by atoms with E-state index in [0.717, 1.165) is 0 Å². The van der Waals surface area contributed by atoms with Crippen LogP contribution in [-0.4, -0.2) is 76.4 Å². The van der Waals surface area contributed by atoms with Crippen molar-refractivity contribution in [1.82, 2.24) is 0 Å². The normalized spacial score (nSPS) is 45.0. The molecule has 104 valence electrons. The SMILES string of the molecule is O=C1C[C@H](O[C@@H]2O[C@H](CO)[C@@H](O)[C@H](O)[C@H]2O)CO1. The first-order valence-electron chi connectivity index (χ1n) is 5.64. The van der Waals surface area contributed by atoms with Gasteiger partial charge < -0.3 is 34.6 Å². The van der Waals surface area contributed by atoms with Crippen molar-refractivity contribution in [3.05, 3.63) is 0 Å². The molecule has 0 amide bonds. The van der Waals surface area contributed by atoms with Crippen LogP contribution in [0.15, 0.2) is 0 Å². The monoisotopic (exact) mass is 264 g/mol. The number of hydrogen-bond acceptors (Lipinski definition) is 8. The molecule has 0 spiro atoms. The van der Waals surface area contributed by atoms with Crippen molar-refractivity contribution in [3.8, 4) is 0 Å². The van der Waals surface area contributed by atoms with Crippen molar-refractivity contribution in [2.75, 3.05) is 13.2 Å². The molecule has 2 rings (SSSR count). The first kappa shape index (κ1) is 13.7. The molecule has 0 saturated carbocycles. The van der Waals surface area contributed by atoms with E-state index in [9.17, 15) is 20.1 Å². The molecule has 0 aliphatic carbocycles. The first-order valence-corrected chi connectivity index (χ1v) is 5.64. The van der Waals surface area contributed by atoms with E-state index in [2.05, 4.69) is 4.74 Å². The van der Waals surface area contributed by atoms with Crippen LogP contribution in [0.3, 0.4) is 0 Å². The van der Waals surface area contributed by atoms with Crippen molar-refractivity contribution >= 4 is 5.97 Å². The van der Waals surface area contributed by atoms with E-state index in [-0.39, 0.29) is 13.0 Å². The summed E-state index contributed by atoms with van der Waals surface area (Å²) in [6.45, 7) is -0.473. The predicted molar refractivity (Wildman–Crippen MR) is 54.2 cm³/mol. The van der Waals surface area contributed by atoms with E-state index in [1.807, 2.05) is 0 Å². The Morgan fingerprint density at radius 1 is 1.22 bits per heavy atom. The van der Waals surface area contributed by atoms with Gasteiger partial charge in [-0.3, -0.25) is 4.79 Å². The van der Waals surface area contributed by atoms with Crippen molar-refractivity contribution in [1.29, 1.82) is 0 Å². The predicted octanol–water partition coefficient (Wildman–Crippen LogP) is -2.88. The second kappa shape index (κ2) is 5.47. The van der Waals surface area contributed by atoms with E-state index in [0.29, 0.717) is 0 Å². The third-order valence-corrected chi connectivity index (χ3v) is 3.00. The van der Waals surface area contributed by atoms with Gasteiger partial charge in [-0.25, -0.2) is 0 Å². The Labute approximate surface area is 103 Å². The molecule has 18 heavy (non-hydrogen) atoms. The van der Waals surface area contributed by atoms with Gasteiger partial charge in [0.15, 0.2) is 6.29 Å². The van der Waals surface area contributed by atoms with Gasteiger partial charge in [0.25, 0.3) is 0 Å². The number of hydrogen-bond donors (Lipinski definition) is 4. The summed E-state index contributed by atoms with van der Waals surface area (Å²) in [7, 11) is 0. The summed E-state index contributed by atoms with van der Waals surface area (Å²) in [5, 5.41) is 37.7. The maximum atomic E-state index is 10.9. The van der Waals surface area contributed by atoms with Crippen LogP contribution in [0.5, 0.6) is 0 Å². The second-order valence-electron chi connectivity index (χ2n) is 4.34. The largest absolute Gasteiger partial charge is 0.463 e. The third-order valence-electron chi connectivity index (χ3n) is 3.00. The molecule has 0 aromatic rings. The molecule has 4 N–H and O–H groups in total. The minimum absolute atomic E-state index is 0.0367. The summed E-state index contributed by atoms with van der Waals surface area (Å²) in [5.74, 6) is -0.412. The molecular weight excluding hydrogens is 248 g/mol. The Morgan fingerprint density at radius 3 is 2.50 bits per heavy atom. The summed E-state index contributed by atoms with van der Waals surface area (Å²) in [5.41, 5.74) is 0. The lowest BCUT2D eigenvalue weighted by Gasteiger charge is -2.40. The van der Waals surface area contributed by atoms with Gasteiger partial charge >= 0.3 is 5.97 Å². The number of aliphatic hydroxyl groups is 4. The minimum atomic E-state index is -1.49. The molecule has 0 bridgehead atoms. The molecule has 0 aromatic carbocycles. The van der Waals surface area contributed by atoms with Crippen LogP contribution in [0, 0.1) is 0 Å². The van der Waals surface area contributed by atoms with E-state index < -0.39 is 49.4 Å². The Hall–Kier alpha value is -0.770. The summed E-state index contributed by atoms with van der Waals surface area (Å²) < 4.78 is 15.1. The topological polar surface area (TPSA) is 126 Å². The fraction of sp³-hybridized carbons (Fsp3) is 0.900. The molecule has 6 atom stereocenters. The molecule has 0 radical (unpaired) electrons. The number of cyclic esters (lactones) is 1. The molecule has 0 aromatic heterocycles. The summed E-state index contributed by atoms with van der Waals surface area (Å²) in [6.07, 6.45) is -7.15. The Kier molecular flexibility index (Phi) is 4.15. The smallest absolute Gasteiger partial charge is 0.308 e. The number of carbonyl (C=O) groups excluding carboxylic acids is 1. The average Bonchev–Trinajstić information content (AvgIpc) is 2.75. The average molecular weight is 264 g/mol. The molecule has 2 fully saturated rings. The lowest BCUT2D eigenvalue weighted by molar-refractivity contribution is -0.310. The molecule has 8 heteroatoms. The zero-order valence-corrected chi connectivity index (χ0v) is 9.51. The highest BCUT2D eigenvalue weighted by Gasteiger charge is 2.45. The second-order valence-corrected chi connectivity index (χ2v) is 4.34. The van der Waals surface area contributed by atoms with E-state index in [4.69, 9.17) is 14.6 Å². The zero-order valence-electron chi connectivity index (χ0n) is 9.51. The van der Waals surface area contributed by atoms with Gasteiger partial charge in [-0.1, -0.05) is 0 Å². The van der Waals surface area contributed by atoms with E-state index in [1.165, 1.54) is 0 Å². The highest BCUT2D eigenvalue weighted by Crippen LogP contribution is 2.24. The molecule has 2 saturated heterocycles. The van der Waals surface area contributed by atoms with Crippen molar-refractivity contribution in [3.63, 3.8) is 0 Å². The minimum Gasteiger partial charge on any atom is -0.463 e. The van der Waals surface area contributed by atoms with Crippen molar-refractivity contribution in [2.24, 2.45) is 0 Å². The first-order chi connectivity index (χ1) is 8.52. The van der Waals surface area contributed by atoms with E-state index in [1.54, 1.807) is 0 Å². The van der Waals surface area contributed by atoms with Crippen LogP contribution in [-0.2, 0) is 19.0 Å². The number of aliphatic hydroxyl groups excluding tert-OH is 4. The standard InChI is InChI=1S/C10H16O8/c11-2-5-7(13)8(14)9(15)10(18-5)17-4-1-6(12)16-3-4/h4-5,7-11,13-15H,1-3H2/t4-,5+,7+,8-,9+,10+/m0/s1. The molecule has 2 aliphatic heterocycles. The van der Waals surface area contributed by atoms with E-state index >= 15 is 0 Å². The number of rotatable bonds is 3. The quantitative estimate of drug-likeness (QED) is 0.400. The number of ether oxygens (including phenoxy) is 3. The molecule has 8 nitrogen and oxygen atoms in total.